The molecule has 0 spiro atoms. The molecule has 0 aliphatic carbocycles. The van der Waals surface area contributed by atoms with E-state index >= 15 is 0 Å². The van der Waals surface area contributed by atoms with Gasteiger partial charge in [0.1, 0.15) is 6.42 Å². The van der Waals surface area contributed by atoms with Crippen LogP contribution in [-0.2, 0) is 9.59 Å². The molecule has 0 aromatic heterocycles. The topological polar surface area (TPSA) is 52.7 Å². The number of nitrogens with one attached hydrogen (secondary N) is 1. The molecule has 1 saturated heterocycles. The number of nitrogens with zero attached hydrogens (tertiary/aromatic N) is 2. The van der Waals surface area contributed by atoms with Crippen molar-refractivity contribution in [3.63, 3.8) is 0 Å². The summed E-state index contributed by atoms with van der Waals surface area (Å²) in [4.78, 5) is 28.1. The summed E-state index contributed by atoms with van der Waals surface area (Å²) in [5.74, 6) is -0.511. The second kappa shape index (κ2) is 7.81. The van der Waals surface area contributed by atoms with Crippen molar-refractivity contribution in [3.05, 3.63) is 28.2 Å². The Hall–Kier alpha value is -1.30. The standard InChI is InChI=1S/C15H19Cl2N3O2/c1-2-19-3-5-20(6-4-19)15(22)10-14(21)18-13-8-11(16)7-12(17)9-13/h7-9H,2-6,10H2,1H3,(H,18,21). The minimum atomic E-state index is -0.360. The van der Waals surface area contributed by atoms with Gasteiger partial charge in [0.05, 0.1) is 0 Å². The molecule has 120 valence electrons. The first-order valence-corrected chi connectivity index (χ1v) is 7.99. The Bertz CT molecular complexity index is 537. The van der Waals surface area contributed by atoms with Gasteiger partial charge in [0.25, 0.3) is 0 Å². The molecule has 5 nitrogen and oxygen atoms in total. The van der Waals surface area contributed by atoms with Crippen LogP contribution in [0.5, 0.6) is 0 Å². The summed E-state index contributed by atoms with van der Waals surface area (Å²) in [7, 11) is 0. The molecule has 22 heavy (non-hydrogen) atoms. The van der Waals surface area contributed by atoms with Gasteiger partial charge in [-0.05, 0) is 24.7 Å². The van der Waals surface area contributed by atoms with Gasteiger partial charge in [0.2, 0.25) is 11.8 Å². The smallest absolute Gasteiger partial charge is 0.233 e. The van der Waals surface area contributed by atoms with E-state index in [9.17, 15) is 9.59 Å². The highest BCUT2D eigenvalue weighted by atomic mass is 35.5. The van der Waals surface area contributed by atoms with Crippen LogP contribution in [0.25, 0.3) is 0 Å². The minimum absolute atomic E-state index is 0.152. The van der Waals surface area contributed by atoms with E-state index in [4.69, 9.17) is 23.2 Å². The fourth-order valence-electron chi connectivity index (χ4n) is 2.39. The molecule has 1 N–H and O–H groups in total. The maximum absolute atomic E-state index is 12.1. The SMILES string of the molecule is CCN1CCN(C(=O)CC(=O)Nc2cc(Cl)cc(Cl)c2)CC1. The van der Waals surface area contributed by atoms with Crippen molar-refractivity contribution in [1.29, 1.82) is 0 Å². The molecule has 0 atom stereocenters. The summed E-state index contributed by atoms with van der Waals surface area (Å²) >= 11 is 11.7. The first-order valence-electron chi connectivity index (χ1n) is 7.24. The summed E-state index contributed by atoms with van der Waals surface area (Å²) in [6, 6.07) is 4.77. The third-order valence-corrected chi connectivity index (χ3v) is 4.07. The van der Waals surface area contributed by atoms with Gasteiger partial charge in [-0.25, -0.2) is 0 Å². The monoisotopic (exact) mass is 343 g/mol. The third-order valence-electron chi connectivity index (χ3n) is 3.63. The Morgan fingerprint density at radius 2 is 1.68 bits per heavy atom. The van der Waals surface area contributed by atoms with Crippen molar-refractivity contribution in [2.75, 3.05) is 38.0 Å². The number of hydrogen-bond donors (Lipinski definition) is 1. The molecule has 1 fully saturated rings. The normalized spacial score (nSPS) is 15.7. The van der Waals surface area contributed by atoms with E-state index in [1.165, 1.54) is 0 Å². The van der Waals surface area contributed by atoms with E-state index in [0.29, 0.717) is 28.8 Å². The van der Waals surface area contributed by atoms with E-state index in [1.54, 1.807) is 23.1 Å². The van der Waals surface area contributed by atoms with E-state index in [-0.39, 0.29) is 18.2 Å². The van der Waals surface area contributed by atoms with Crippen LogP contribution >= 0.6 is 23.2 Å². The molecule has 0 bridgehead atoms. The van der Waals surface area contributed by atoms with Crippen LogP contribution in [0.15, 0.2) is 18.2 Å². The number of likely N-dealkylation sites (N-methyl/N-ethyl adjacent to an activating group) is 1. The predicted molar refractivity (Wildman–Crippen MR) is 88.4 cm³/mol. The third kappa shape index (κ3) is 4.87. The van der Waals surface area contributed by atoms with Gasteiger partial charge < -0.3 is 15.1 Å². The molecule has 1 aliphatic heterocycles. The zero-order chi connectivity index (χ0) is 16.1. The average Bonchev–Trinajstić information content (AvgIpc) is 2.46. The Balaban J connectivity index is 1.85. The zero-order valence-corrected chi connectivity index (χ0v) is 14.0. The summed E-state index contributed by atoms with van der Waals surface area (Å²) in [6.45, 7) is 6.13. The Morgan fingerprint density at radius 3 is 2.23 bits per heavy atom. The first-order chi connectivity index (χ1) is 10.5. The van der Waals surface area contributed by atoms with Gasteiger partial charge >= 0.3 is 0 Å². The molecule has 0 unspecified atom stereocenters. The number of amides is 2. The maximum Gasteiger partial charge on any atom is 0.233 e. The van der Waals surface area contributed by atoms with E-state index in [2.05, 4.69) is 17.1 Å². The van der Waals surface area contributed by atoms with Crippen molar-refractivity contribution in [2.45, 2.75) is 13.3 Å². The second-order valence-electron chi connectivity index (χ2n) is 5.20. The highest BCUT2D eigenvalue weighted by Gasteiger charge is 2.22. The number of anilines is 1. The maximum atomic E-state index is 12.1. The first kappa shape index (κ1) is 17.1. The van der Waals surface area contributed by atoms with Gasteiger partial charge in [-0.1, -0.05) is 30.1 Å². The molecule has 1 aromatic rings. The van der Waals surface area contributed by atoms with Crippen LogP contribution in [0.3, 0.4) is 0 Å². The molecule has 2 amide bonds. The fraction of sp³-hybridized carbons (Fsp3) is 0.467. The van der Waals surface area contributed by atoms with Crippen molar-refractivity contribution in [2.24, 2.45) is 0 Å². The molecule has 1 aliphatic rings. The minimum Gasteiger partial charge on any atom is -0.340 e. The number of carbonyl (C=O) groups is 2. The van der Waals surface area contributed by atoms with E-state index < -0.39 is 0 Å². The molecular formula is C15H19Cl2N3O2. The molecule has 0 saturated carbocycles. The Labute approximate surface area is 140 Å². The average molecular weight is 344 g/mol. The number of carbonyl (C=O) groups excluding carboxylic acids is 2. The van der Waals surface area contributed by atoms with Crippen molar-refractivity contribution < 1.29 is 9.59 Å². The lowest BCUT2D eigenvalue weighted by atomic mass is 10.2. The highest BCUT2D eigenvalue weighted by Crippen LogP contribution is 2.22. The lowest BCUT2D eigenvalue weighted by molar-refractivity contribution is -0.136. The summed E-state index contributed by atoms with van der Waals surface area (Å²) < 4.78 is 0. The van der Waals surface area contributed by atoms with Gasteiger partial charge in [0.15, 0.2) is 0 Å². The number of hydrogen-bond acceptors (Lipinski definition) is 3. The van der Waals surface area contributed by atoms with Crippen LogP contribution in [-0.4, -0.2) is 54.3 Å². The van der Waals surface area contributed by atoms with Crippen LogP contribution in [0, 0.1) is 0 Å². The molecule has 7 heteroatoms. The van der Waals surface area contributed by atoms with Gasteiger partial charge in [0, 0.05) is 41.9 Å². The predicted octanol–water partition coefficient (Wildman–Crippen LogP) is 2.49. The van der Waals surface area contributed by atoms with Crippen molar-refractivity contribution >= 4 is 40.7 Å². The van der Waals surface area contributed by atoms with Crippen molar-refractivity contribution in [1.82, 2.24) is 9.80 Å². The van der Waals surface area contributed by atoms with Crippen LogP contribution in [0.4, 0.5) is 5.69 Å². The van der Waals surface area contributed by atoms with Gasteiger partial charge in [-0.3, -0.25) is 9.59 Å². The number of piperazine rings is 1. The quantitative estimate of drug-likeness (QED) is 0.854. The van der Waals surface area contributed by atoms with Crippen LogP contribution < -0.4 is 5.32 Å². The number of halogens is 2. The van der Waals surface area contributed by atoms with Gasteiger partial charge in [-0.15, -0.1) is 0 Å². The highest BCUT2D eigenvalue weighted by molar-refractivity contribution is 6.35. The van der Waals surface area contributed by atoms with Gasteiger partial charge in [-0.2, -0.15) is 0 Å². The lowest BCUT2D eigenvalue weighted by Gasteiger charge is -2.33. The van der Waals surface area contributed by atoms with E-state index in [0.717, 1.165) is 19.6 Å². The van der Waals surface area contributed by atoms with Crippen LogP contribution in [0.1, 0.15) is 13.3 Å². The van der Waals surface area contributed by atoms with E-state index in [1.807, 2.05) is 0 Å². The lowest BCUT2D eigenvalue weighted by Crippen LogP contribution is -2.49. The molecule has 1 heterocycles. The van der Waals surface area contributed by atoms with Crippen molar-refractivity contribution in [3.8, 4) is 0 Å². The molecule has 1 aromatic carbocycles. The molecule has 2 rings (SSSR count). The summed E-state index contributed by atoms with van der Waals surface area (Å²) in [5.41, 5.74) is 0.492. The Kier molecular flexibility index (Phi) is 6.06. The summed E-state index contributed by atoms with van der Waals surface area (Å²) in [6.07, 6.45) is -0.170. The fourth-order valence-corrected chi connectivity index (χ4v) is 2.92. The number of rotatable bonds is 4. The Morgan fingerprint density at radius 1 is 1.09 bits per heavy atom. The van der Waals surface area contributed by atoms with Crippen LogP contribution in [0.2, 0.25) is 10.0 Å². The largest absolute Gasteiger partial charge is 0.340 e. The second-order valence-corrected chi connectivity index (χ2v) is 6.07. The number of benzene rings is 1. The summed E-state index contributed by atoms with van der Waals surface area (Å²) in [5, 5.41) is 3.52. The molecular weight excluding hydrogens is 325 g/mol. The zero-order valence-electron chi connectivity index (χ0n) is 12.4. The molecule has 0 radical (unpaired) electrons.